The minimum Gasteiger partial charge on any atom is -0.318 e. The Morgan fingerprint density at radius 1 is 1.10 bits per heavy atom. The highest BCUT2D eigenvalue weighted by Gasteiger charge is 2.13. The lowest BCUT2D eigenvalue weighted by Gasteiger charge is -2.11. The number of ketones is 1. The number of halogens is 2. The fourth-order valence-electron chi connectivity index (χ4n) is 1.74. The summed E-state index contributed by atoms with van der Waals surface area (Å²) in [6.07, 6.45) is 0.701. The smallest absolute Gasteiger partial charge is 0.213 e. The Kier molecular flexibility index (Phi) is 4.42. The zero-order valence-electron chi connectivity index (χ0n) is 10.6. The molecule has 2 aromatic carbocycles. The molecule has 0 saturated carbocycles. The van der Waals surface area contributed by atoms with Crippen molar-refractivity contribution in [1.29, 1.82) is 0 Å². The van der Waals surface area contributed by atoms with Crippen LogP contribution in [-0.4, -0.2) is 19.2 Å². The Morgan fingerprint density at radius 2 is 1.75 bits per heavy atom. The predicted molar refractivity (Wildman–Crippen MR) is 80.8 cm³/mol. The van der Waals surface area contributed by atoms with Gasteiger partial charge in [0.2, 0.25) is 6.41 Å². The molecule has 0 fully saturated rings. The summed E-state index contributed by atoms with van der Waals surface area (Å²) in [7, 11) is 1.64. The average Bonchev–Trinajstić information content (AvgIpc) is 2.46. The molecule has 3 nitrogen and oxygen atoms in total. The number of anilines is 1. The molecule has 0 spiro atoms. The standard InChI is InChI=1S/C15H11Cl2NO2/c1-18(9-19)12-5-2-10(3-6-12)15(20)13-7-4-11(16)8-14(13)17/h2-9H,1H3. The summed E-state index contributed by atoms with van der Waals surface area (Å²) in [5, 5.41) is 0.797. The first-order valence-corrected chi connectivity index (χ1v) is 6.56. The molecule has 2 rings (SSSR count). The molecule has 0 atom stereocenters. The van der Waals surface area contributed by atoms with E-state index in [9.17, 15) is 9.59 Å². The molecule has 20 heavy (non-hydrogen) atoms. The number of carbonyl (C=O) groups excluding carboxylic acids is 2. The average molecular weight is 308 g/mol. The van der Waals surface area contributed by atoms with Crippen LogP contribution in [0.3, 0.4) is 0 Å². The van der Waals surface area contributed by atoms with Crippen LogP contribution >= 0.6 is 23.2 Å². The van der Waals surface area contributed by atoms with Gasteiger partial charge < -0.3 is 4.90 Å². The van der Waals surface area contributed by atoms with E-state index < -0.39 is 0 Å². The summed E-state index contributed by atoms with van der Waals surface area (Å²) in [6, 6.07) is 11.5. The summed E-state index contributed by atoms with van der Waals surface area (Å²) in [6.45, 7) is 0. The fraction of sp³-hybridized carbons (Fsp3) is 0.0667. The van der Waals surface area contributed by atoms with Crippen molar-refractivity contribution in [2.24, 2.45) is 0 Å². The first kappa shape index (κ1) is 14.6. The van der Waals surface area contributed by atoms with Gasteiger partial charge in [-0.1, -0.05) is 23.2 Å². The first-order chi connectivity index (χ1) is 9.52. The highest BCUT2D eigenvalue weighted by atomic mass is 35.5. The summed E-state index contributed by atoms with van der Waals surface area (Å²) < 4.78 is 0. The lowest BCUT2D eigenvalue weighted by molar-refractivity contribution is -0.107. The first-order valence-electron chi connectivity index (χ1n) is 5.81. The molecular weight excluding hydrogens is 297 g/mol. The van der Waals surface area contributed by atoms with Gasteiger partial charge >= 0.3 is 0 Å². The topological polar surface area (TPSA) is 37.4 Å². The minimum absolute atomic E-state index is 0.188. The molecule has 0 saturated heterocycles. The molecule has 0 heterocycles. The molecule has 0 aliphatic rings. The molecule has 2 aromatic rings. The largest absolute Gasteiger partial charge is 0.318 e. The third-order valence-corrected chi connectivity index (χ3v) is 3.42. The van der Waals surface area contributed by atoms with Crippen LogP contribution in [0.1, 0.15) is 15.9 Å². The molecule has 0 aliphatic heterocycles. The number of nitrogens with zero attached hydrogens (tertiary/aromatic N) is 1. The number of hydrogen-bond acceptors (Lipinski definition) is 2. The van der Waals surface area contributed by atoms with E-state index in [2.05, 4.69) is 0 Å². The maximum atomic E-state index is 12.3. The highest BCUT2D eigenvalue weighted by Crippen LogP contribution is 2.24. The van der Waals surface area contributed by atoms with Crippen LogP contribution in [0.4, 0.5) is 5.69 Å². The van der Waals surface area contributed by atoms with Gasteiger partial charge in [-0.05, 0) is 42.5 Å². The van der Waals surface area contributed by atoms with E-state index in [4.69, 9.17) is 23.2 Å². The van der Waals surface area contributed by atoms with Crippen molar-refractivity contribution >= 4 is 41.1 Å². The summed E-state index contributed by atoms with van der Waals surface area (Å²) in [5.41, 5.74) is 1.60. The number of carbonyl (C=O) groups is 2. The summed E-state index contributed by atoms with van der Waals surface area (Å²) in [5.74, 6) is -0.188. The fourth-order valence-corrected chi connectivity index (χ4v) is 2.23. The second-order valence-corrected chi connectivity index (χ2v) is 5.06. The lowest BCUT2D eigenvalue weighted by atomic mass is 10.0. The minimum atomic E-state index is -0.188. The van der Waals surface area contributed by atoms with E-state index in [1.807, 2.05) is 0 Å². The second-order valence-electron chi connectivity index (χ2n) is 4.22. The lowest BCUT2D eigenvalue weighted by Crippen LogP contribution is -2.13. The molecule has 0 N–H and O–H groups in total. The van der Waals surface area contributed by atoms with Gasteiger partial charge in [-0.25, -0.2) is 0 Å². The third-order valence-electron chi connectivity index (χ3n) is 2.87. The molecule has 1 amide bonds. The van der Waals surface area contributed by atoms with Crippen molar-refractivity contribution in [1.82, 2.24) is 0 Å². The van der Waals surface area contributed by atoms with Crippen LogP contribution in [-0.2, 0) is 4.79 Å². The van der Waals surface area contributed by atoms with Crippen LogP contribution in [0, 0.1) is 0 Å². The van der Waals surface area contributed by atoms with E-state index in [0.717, 1.165) is 0 Å². The van der Waals surface area contributed by atoms with Gasteiger partial charge in [-0.3, -0.25) is 9.59 Å². The Hall–Kier alpha value is -1.84. The van der Waals surface area contributed by atoms with E-state index in [1.54, 1.807) is 43.4 Å². The van der Waals surface area contributed by atoms with Crippen molar-refractivity contribution in [2.45, 2.75) is 0 Å². The van der Waals surface area contributed by atoms with Crippen molar-refractivity contribution < 1.29 is 9.59 Å². The second kappa shape index (κ2) is 6.07. The van der Waals surface area contributed by atoms with Crippen molar-refractivity contribution in [3.63, 3.8) is 0 Å². The zero-order valence-corrected chi connectivity index (χ0v) is 12.2. The van der Waals surface area contributed by atoms with Gasteiger partial charge in [0, 0.05) is 28.9 Å². The van der Waals surface area contributed by atoms with Gasteiger partial charge in [0.1, 0.15) is 0 Å². The van der Waals surface area contributed by atoms with Crippen LogP contribution in [0.15, 0.2) is 42.5 Å². The number of hydrogen-bond donors (Lipinski definition) is 0. The maximum absolute atomic E-state index is 12.3. The number of amides is 1. The predicted octanol–water partition coefficient (Wildman–Crippen LogP) is 3.82. The molecule has 0 unspecified atom stereocenters. The van der Waals surface area contributed by atoms with Gasteiger partial charge in [0.25, 0.3) is 0 Å². The Morgan fingerprint density at radius 3 is 2.30 bits per heavy atom. The zero-order chi connectivity index (χ0) is 14.7. The van der Waals surface area contributed by atoms with Gasteiger partial charge in [-0.2, -0.15) is 0 Å². The summed E-state index contributed by atoms with van der Waals surface area (Å²) >= 11 is 11.8. The van der Waals surface area contributed by atoms with Gasteiger partial charge in [0.15, 0.2) is 5.78 Å². The molecule has 0 bridgehead atoms. The van der Waals surface area contributed by atoms with Crippen LogP contribution in [0.2, 0.25) is 10.0 Å². The molecule has 5 heteroatoms. The van der Waals surface area contributed by atoms with Crippen LogP contribution in [0.5, 0.6) is 0 Å². The van der Waals surface area contributed by atoms with Crippen LogP contribution < -0.4 is 4.90 Å². The van der Waals surface area contributed by atoms with Crippen LogP contribution in [0.25, 0.3) is 0 Å². The van der Waals surface area contributed by atoms with E-state index in [1.165, 1.54) is 11.0 Å². The van der Waals surface area contributed by atoms with Gasteiger partial charge in [-0.15, -0.1) is 0 Å². The third kappa shape index (κ3) is 3.00. The Bertz CT molecular complexity index is 653. The molecule has 0 radical (unpaired) electrons. The quantitative estimate of drug-likeness (QED) is 0.636. The highest BCUT2D eigenvalue weighted by molar-refractivity contribution is 6.37. The number of rotatable bonds is 4. The SMILES string of the molecule is CN(C=O)c1ccc(C(=O)c2ccc(Cl)cc2Cl)cc1. The normalized spacial score (nSPS) is 10.2. The van der Waals surface area contributed by atoms with E-state index >= 15 is 0 Å². The monoisotopic (exact) mass is 307 g/mol. The molecule has 102 valence electrons. The Labute approximate surface area is 126 Å². The number of benzene rings is 2. The van der Waals surface area contributed by atoms with Crippen molar-refractivity contribution in [3.05, 3.63) is 63.6 Å². The molecule has 0 aromatic heterocycles. The molecular formula is C15H11Cl2NO2. The Balaban J connectivity index is 2.31. The summed E-state index contributed by atoms with van der Waals surface area (Å²) in [4.78, 5) is 24.4. The van der Waals surface area contributed by atoms with Gasteiger partial charge in [0.05, 0.1) is 5.02 Å². The van der Waals surface area contributed by atoms with Crippen molar-refractivity contribution in [2.75, 3.05) is 11.9 Å². The molecule has 0 aliphatic carbocycles. The maximum Gasteiger partial charge on any atom is 0.213 e. The van der Waals surface area contributed by atoms with E-state index in [-0.39, 0.29) is 5.78 Å². The van der Waals surface area contributed by atoms with Crippen molar-refractivity contribution in [3.8, 4) is 0 Å². The van der Waals surface area contributed by atoms with E-state index in [0.29, 0.717) is 33.3 Å².